The molecule has 24 heavy (non-hydrogen) atoms. The van der Waals surface area contributed by atoms with E-state index in [1.807, 2.05) is 7.05 Å². The lowest BCUT2D eigenvalue weighted by molar-refractivity contribution is -0.126. The zero-order valence-corrected chi connectivity index (χ0v) is 17.8. The summed E-state index contributed by atoms with van der Waals surface area (Å²) in [6.07, 6.45) is 8.88. The van der Waals surface area contributed by atoms with Gasteiger partial charge in [-0.05, 0) is 38.0 Å². The van der Waals surface area contributed by atoms with Crippen LogP contribution in [0.4, 0.5) is 0 Å². The molecule has 2 atom stereocenters. The van der Waals surface area contributed by atoms with Crippen LogP contribution in [0.2, 0.25) is 0 Å². The van der Waals surface area contributed by atoms with Gasteiger partial charge in [-0.15, -0.1) is 24.0 Å². The molecule has 0 heterocycles. The predicted octanol–water partition coefficient (Wildman–Crippen LogP) is 3.04. The molecule has 3 N–H and O–H groups in total. The van der Waals surface area contributed by atoms with Crippen molar-refractivity contribution in [1.82, 2.24) is 16.0 Å². The highest BCUT2D eigenvalue weighted by Crippen LogP contribution is 2.26. The summed E-state index contributed by atoms with van der Waals surface area (Å²) in [6.45, 7) is 5.43. The van der Waals surface area contributed by atoms with Gasteiger partial charge in [0.2, 0.25) is 5.91 Å². The lowest BCUT2D eigenvalue weighted by atomic mass is 9.85. The molecule has 0 bridgehead atoms. The van der Waals surface area contributed by atoms with E-state index >= 15 is 0 Å². The lowest BCUT2D eigenvalue weighted by Crippen LogP contribution is -2.48. The quantitative estimate of drug-likeness (QED) is 0.318. The van der Waals surface area contributed by atoms with Gasteiger partial charge in [-0.25, -0.2) is 0 Å². The van der Waals surface area contributed by atoms with E-state index in [9.17, 15) is 4.79 Å². The zero-order chi connectivity index (χ0) is 16.7. The minimum absolute atomic E-state index is 0. The number of hydrogen-bond donors (Lipinski definition) is 3. The Morgan fingerprint density at radius 1 is 1.08 bits per heavy atom. The number of carbonyl (C=O) groups is 1. The van der Waals surface area contributed by atoms with Crippen LogP contribution in [0.1, 0.15) is 65.2 Å². The van der Waals surface area contributed by atoms with Gasteiger partial charge in [-0.1, -0.05) is 33.1 Å². The summed E-state index contributed by atoms with van der Waals surface area (Å²) in [5.41, 5.74) is 0. The van der Waals surface area contributed by atoms with Crippen molar-refractivity contribution >= 4 is 35.8 Å². The molecule has 0 aromatic heterocycles. The van der Waals surface area contributed by atoms with E-state index in [4.69, 9.17) is 0 Å². The van der Waals surface area contributed by atoms with Gasteiger partial charge in [0.15, 0.2) is 5.96 Å². The molecule has 2 aliphatic carbocycles. The topological polar surface area (TPSA) is 65.5 Å². The first-order chi connectivity index (χ1) is 11.2. The number of halogens is 1. The van der Waals surface area contributed by atoms with E-state index in [1.54, 1.807) is 0 Å². The Hall–Kier alpha value is -0.530. The third-order valence-electron chi connectivity index (χ3n) is 5.25. The minimum atomic E-state index is 0. The third-order valence-corrected chi connectivity index (χ3v) is 5.25. The monoisotopic (exact) mass is 450 g/mol. The number of nitrogens with one attached hydrogen (secondary N) is 3. The summed E-state index contributed by atoms with van der Waals surface area (Å²) < 4.78 is 0. The summed E-state index contributed by atoms with van der Waals surface area (Å²) in [7, 11) is 1.82. The second kappa shape index (κ2) is 11.2. The summed E-state index contributed by atoms with van der Waals surface area (Å²) in [6, 6.07) is 0.817. The Morgan fingerprint density at radius 2 is 1.79 bits per heavy atom. The van der Waals surface area contributed by atoms with E-state index in [0.29, 0.717) is 18.0 Å². The van der Waals surface area contributed by atoms with Crippen molar-refractivity contribution in [2.45, 2.75) is 77.3 Å². The molecule has 140 valence electrons. The number of carbonyl (C=O) groups excluding carboxylic acids is 1. The predicted molar refractivity (Wildman–Crippen MR) is 111 cm³/mol. The van der Waals surface area contributed by atoms with Gasteiger partial charge >= 0.3 is 0 Å². The fourth-order valence-electron chi connectivity index (χ4n) is 3.31. The Kier molecular flexibility index (Phi) is 10.0. The molecule has 2 rings (SSSR count). The molecule has 0 radical (unpaired) electrons. The molecule has 5 nitrogen and oxygen atoms in total. The molecule has 1 amide bonds. The fraction of sp³-hybridized carbons (Fsp3) is 0.889. The summed E-state index contributed by atoms with van der Waals surface area (Å²) in [4.78, 5) is 16.6. The van der Waals surface area contributed by atoms with E-state index < -0.39 is 0 Å². The maximum atomic E-state index is 12.3. The molecule has 2 saturated carbocycles. The SMILES string of the molecule is CCC(CC)CNC(=NC)NC1CCCC(C(=O)NC2CC2)C1.I. The highest BCUT2D eigenvalue weighted by molar-refractivity contribution is 14.0. The highest BCUT2D eigenvalue weighted by Gasteiger charge is 2.31. The smallest absolute Gasteiger partial charge is 0.223 e. The second-order valence-electron chi connectivity index (χ2n) is 7.12. The van der Waals surface area contributed by atoms with E-state index in [2.05, 4.69) is 34.8 Å². The molecule has 6 heteroatoms. The van der Waals surface area contributed by atoms with Gasteiger partial charge in [-0.2, -0.15) is 0 Å². The van der Waals surface area contributed by atoms with Crippen LogP contribution >= 0.6 is 24.0 Å². The largest absolute Gasteiger partial charge is 0.356 e. The lowest BCUT2D eigenvalue weighted by Gasteiger charge is -2.30. The summed E-state index contributed by atoms with van der Waals surface area (Å²) in [5, 5.41) is 10.1. The minimum Gasteiger partial charge on any atom is -0.356 e. The van der Waals surface area contributed by atoms with E-state index in [0.717, 1.165) is 51.0 Å². The molecular weight excluding hydrogens is 415 g/mol. The van der Waals surface area contributed by atoms with Crippen LogP contribution in [0.25, 0.3) is 0 Å². The van der Waals surface area contributed by atoms with Gasteiger partial charge in [0, 0.05) is 31.6 Å². The van der Waals surface area contributed by atoms with Gasteiger partial charge in [0.1, 0.15) is 0 Å². The van der Waals surface area contributed by atoms with Crippen LogP contribution in [-0.2, 0) is 4.79 Å². The molecule has 0 aliphatic heterocycles. The van der Waals surface area contributed by atoms with Crippen LogP contribution in [0.15, 0.2) is 4.99 Å². The number of aliphatic imine (C=N–C) groups is 1. The summed E-state index contributed by atoms with van der Waals surface area (Å²) in [5.74, 6) is 2.00. The van der Waals surface area contributed by atoms with Crippen molar-refractivity contribution in [1.29, 1.82) is 0 Å². The average molecular weight is 450 g/mol. The van der Waals surface area contributed by atoms with Crippen LogP contribution in [0, 0.1) is 11.8 Å². The zero-order valence-electron chi connectivity index (χ0n) is 15.4. The second-order valence-corrected chi connectivity index (χ2v) is 7.12. The van der Waals surface area contributed by atoms with Crippen molar-refractivity contribution in [3.8, 4) is 0 Å². The Balaban J connectivity index is 0.00000288. The average Bonchev–Trinajstić information content (AvgIpc) is 3.38. The number of rotatable bonds is 7. The van der Waals surface area contributed by atoms with Gasteiger partial charge < -0.3 is 16.0 Å². The molecule has 2 fully saturated rings. The van der Waals surface area contributed by atoms with E-state index in [-0.39, 0.29) is 35.8 Å². The number of amides is 1. The van der Waals surface area contributed by atoms with Crippen molar-refractivity contribution in [2.24, 2.45) is 16.8 Å². The first-order valence-electron chi connectivity index (χ1n) is 9.43. The summed E-state index contributed by atoms with van der Waals surface area (Å²) >= 11 is 0. The number of nitrogens with zero attached hydrogens (tertiary/aromatic N) is 1. The Morgan fingerprint density at radius 3 is 2.38 bits per heavy atom. The van der Waals surface area contributed by atoms with Crippen molar-refractivity contribution < 1.29 is 4.79 Å². The molecular formula is C18H35IN4O. The number of guanidine groups is 1. The van der Waals surface area contributed by atoms with Crippen molar-refractivity contribution in [2.75, 3.05) is 13.6 Å². The maximum Gasteiger partial charge on any atom is 0.223 e. The molecule has 0 spiro atoms. The third kappa shape index (κ3) is 7.15. The molecule has 2 unspecified atom stereocenters. The molecule has 2 aliphatic rings. The Labute approximate surface area is 164 Å². The highest BCUT2D eigenvalue weighted by atomic mass is 127. The van der Waals surface area contributed by atoms with Gasteiger partial charge in [0.25, 0.3) is 0 Å². The maximum absolute atomic E-state index is 12.3. The molecule has 0 saturated heterocycles. The Bertz CT molecular complexity index is 408. The molecule has 0 aromatic rings. The van der Waals surface area contributed by atoms with E-state index in [1.165, 1.54) is 12.8 Å². The first-order valence-corrected chi connectivity index (χ1v) is 9.43. The van der Waals surface area contributed by atoms with Gasteiger partial charge in [-0.3, -0.25) is 9.79 Å². The van der Waals surface area contributed by atoms with Crippen molar-refractivity contribution in [3.63, 3.8) is 0 Å². The number of hydrogen-bond acceptors (Lipinski definition) is 2. The standard InChI is InChI=1S/C18H34N4O.HI/c1-4-13(5-2)12-20-18(19-3)22-16-8-6-7-14(11-16)17(23)21-15-9-10-15;/h13-16H,4-12H2,1-3H3,(H,21,23)(H2,19,20,22);1H. The molecule has 0 aromatic carbocycles. The van der Waals surface area contributed by atoms with Crippen LogP contribution in [0.5, 0.6) is 0 Å². The van der Waals surface area contributed by atoms with Gasteiger partial charge in [0.05, 0.1) is 0 Å². The van der Waals surface area contributed by atoms with Crippen molar-refractivity contribution in [3.05, 3.63) is 0 Å². The normalized spacial score (nSPS) is 24.2. The first kappa shape index (κ1) is 21.5. The van der Waals surface area contributed by atoms with Crippen LogP contribution in [-0.4, -0.2) is 37.5 Å². The van der Waals surface area contributed by atoms with Crippen LogP contribution < -0.4 is 16.0 Å². The van der Waals surface area contributed by atoms with Crippen LogP contribution in [0.3, 0.4) is 0 Å². The fourth-order valence-corrected chi connectivity index (χ4v) is 3.31.